The van der Waals surface area contributed by atoms with Gasteiger partial charge in [0.1, 0.15) is 11.4 Å². The van der Waals surface area contributed by atoms with Crippen LogP contribution in [0.4, 0.5) is 0 Å². The van der Waals surface area contributed by atoms with Gasteiger partial charge in [-0.3, -0.25) is 4.79 Å². The van der Waals surface area contributed by atoms with Crippen molar-refractivity contribution in [2.45, 2.75) is 45.3 Å². The van der Waals surface area contributed by atoms with Crippen molar-refractivity contribution in [2.75, 3.05) is 6.61 Å². The Morgan fingerprint density at radius 1 is 1.53 bits per heavy atom. The summed E-state index contributed by atoms with van der Waals surface area (Å²) < 4.78 is 10.7. The quantitative estimate of drug-likeness (QED) is 0.848. The molecule has 0 bridgehead atoms. The molecule has 104 valence electrons. The zero-order chi connectivity index (χ0) is 14.0. The zero-order valence-electron chi connectivity index (χ0n) is 11.6. The summed E-state index contributed by atoms with van der Waals surface area (Å²) in [5, 5.41) is 10.2. The lowest BCUT2D eigenvalue weighted by Gasteiger charge is -2.19. The standard InChI is InChI=1S/C15H20O4/c1-4-18-13(17)8-12(16)11-7-5-6-10-9-15(2,3)19-14(10)11/h5-7,12,16H,4,8-9H2,1-3H3. The molecule has 1 aliphatic heterocycles. The lowest BCUT2D eigenvalue weighted by atomic mass is 9.98. The van der Waals surface area contributed by atoms with Gasteiger partial charge in [0.15, 0.2) is 0 Å². The number of aliphatic hydroxyl groups excluding tert-OH is 1. The molecular weight excluding hydrogens is 244 g/mol. The van der Waals surface area contributed by atoms with Gasteiger partial charge in [0, 0.05) is 12.0 Å². The van der Waals surface area contributed by atoms with Crippen LogP contribution < -0.4 is 4.74 Å². The van der Waals surface area contributed by atoms with Crippen LogP contribution in [0.25, 0.3) is 0 Å². The zero-order valence-corrected chi connectivity index (χ0v) is 11.6. The topological polar surface area (TPSA) is 55.8 Å². The third kappa shape index (κ3) is 3.07. The van der Waals surface area contributed by atoms with Gasteiger partial charge in [0.2, 0.25) is 0 Å². The molecule has 1 aliphatic rings. The third-order valence-corrected chi connectivity index (χ3v) is 3.15. The molecule has 1 atom stereocenters. The number of para-hydroxylation sites is 1. The first-order valence-corrected chi connectivity index (χ1v) is 6.57. The number of carbonyl (C=O) groups is 1. The first kappa shape index (κ1) is 13.9. The van der Waals surface area contributed by atoms with Gasteiger partial charge >= 0.3 is 5.97 Å². The van der Waals surface area contributed by atoms with E-state index in [9.17, 15) is 9.90 Å². The van der Waals surface area contributed by atoms with Gasteiger partial charge in [0.25, 0.3) is 0 Å². The summed E-state index contributed by atoms with van der Waals surface area (Å²) in [4.78, 5) is 11.4. The molecule has 1 unspecified atom stereocenters. The molecule has 0 aromatic heterocycles. The number of fused-ring (bicyclic) bond motifs is 1. The minimum atomic E-state index is -0.886. The van der Waals surface area contributed by atoms with Gasteiger partial charge in [-0.05, 0) is 26.3 Å². The SMILES string of the molecule is CCOC(=O)CC(O)c1cccc2c1OC(C)(C)C2. The highest BCUT2D eigenvalue weighted by Crippen LogP contribution is 2.40. The molecule has 19 heavy (non-hydrogen) atoms. The van der Waals surface area contributed by atoms with E-state index in [2.05, 4.69) is 0 Å². The van der Waals surface area contributed by atoms with E-state index in [1.54, 1.807) is 13.0 Å². The molecular formula is C15H20O4. The maximum atomic E-state index is 11.4. The number of carbonyl (C=O) groups excluding carboxylic acids is 1. The van der Waals surface area contributed by atoms with Crippen LogP contribution in [0.2, 0.25) is 0 Å². The largest absolute Gasteiger partial charge is 0.487 e. The summed E-state index contributed by atoms with van der Waals surface area (Å²) in [6.07, 6.45) is -0.126. The normalized spacial score (nSPS) is 17.5. The van der Waals surface area contributed by atoms with E-state index >= 15 is 0 Å². The van der Waals surface area contributed by atoms with Gasteiger partial charge < -0.3 is 14.6 Å². The summed E-state index contributed by atoms with van der Waals surface area (Å²) in [6, 6.07) is 5.67. The third-order valence-electron chi connectivity index (χ3n) is 3.15. The fourth-order valence-electron chi connectivity index (χ4n) is 2.39. The first-order chi connectivity index (χ1) is 8.93. The molecule has 0 spiro atoms. The average molecular weight is 264 g/mol. The Labute approximate surface area is 113 Å². The smallest absolute Gasteiger partial charge is 0.308 e. The summed E-state index contributed by atoms with van der Waals surface area (Å²) in [6.45, 7) is 6.08. The van der Waals surface area contributed by atoms with E-state index in [1.807, 2.05) is 26.0 Å². The van der Waals surface area contributed by atoms with Crippen molar-refractivity contribution in [3.8, 4) is 5.75 Å². The van der Waals surface area contributed by atoms with Crippen LogP contribution in [0, 0.1) is 0 Å². The molecule has 2 rings (SSSR count). The molecule has 1 aromatic carbocycles. The van der Waals surface area contributed by atoms with Crippen LogP contribution in [-0.4, -0.2) is 23.3 Å². The molecule has 0 fully saturated rings. The second kappa shape index (κ2) is 5.21. The number of hydrogen-bond donors (Lipinski definition) is 1. The summed E-state index contributed by atoms with van der Waals surface area (Å²) in [5.74, 6) is 0.314. The fourth-order valence-corrected chi connectivity index (χ4v) is 2.39. The van der Waals surface area contributed by atoms with E-state index in [4.69, 9.17) is 9.47 Å². The van der Waals surface area contributed by atoms with Crippen LogP contribution >= 0.6 is 0 Å². The minimum absolute atomic E-state index is 0.0475. The molecule has 0 radical (unpaired) electrons. The molecule has 0 saturated heterocycles. The van der Waals surface area contributed by atoms with Gasteiger partial charge in [-0.15, -0.1) is 0 Å². The number of esters is 1. The average Bonchev–Trinajstić information content (AvgIpc) is 2.62. The van der Waals surface area contributed by atoms with Crippen molar-refractivity contribution in [3.05, 3.63) is 29.3 Å². The molecule has 0 aliphatic carbocycles. The van der Waals surface area contributed by atoms with Crippen LogP contribution in [0.3, 0.4) is 0 Å². The first-order valence-electron chi connectivity index (χ1n) is 6.57. The van der Waals surface area contributed by atoms with Crippen molar-refractivity contribution in [2.24, 2.45) is 0 Å². The van der Waals surface area contributed by atoms with Crippen molar-refractivity contribution in [1.82, 2.24) is 0 Å². The van der Waals surface area contributed by atoms with Crippen molar-refractivity contribution in [3.63, 3.8) is 0 Å². The molecule has 1 N–H and O–H groups in total. The monoisotopic (exact) mass is 264 g/mol. The van der Waals surface area contributed by atoms with E-state index in [-0.39, 0.29) is 12.0 Å². The molecule has 0 saturated carbocycles. The number of ether oxygens (including phenoxy) is 2. The molecule has 4 nitrogen and oxygen atoms in total. The van der Waals surface area contributed by atoms with Crippen LogP contribution in [-0.2, 0) is 16.0 Å². The highest BCUT2D eigenvalue weighted by molar-refractivity contribution is 5.70. The Morgan fingerprint density at radius 3 is 2.95 bits per heavy atom. The van der Waals surface area contributed by atoms with Gasteiger partial charge in [-0.2, -0.15) is 0 Å². The Morgan fingerprint density at radius 2 is 2.26 bits per heavy atom. The molecule has 4 heteroatoms. The number of hydrogen-bond acceptors (Lipinski definition) is 4. The lowest BCUT2D eigenvalue weighted by molar-refractivity contribution is -0.145. The number of aliphatic hydroxyl groups is 1. The van der Waals surface area contributed by atoms with Crippen molar-refractivity contribution in [1.29, 1.82) is 0 Å². The predicted octanol–water partition coefficient (Wildman–Crippen LogP) is 2.39. The minimum Gasteiger partial charge on any atom is -0.487 e. The Hall–Kier alpha value is -1.55. The fraction of sp³-hybridized carbons (Fsp3) is 0.533. The highest BCUT2D eigenvalue weighted by atomic mass is 16.5. The van der Waals surface area contributed by atoms with E-state index < -0.39 is 12.1 Å². The lowest BCUT2D eigenvalue weighted by Crippen LogP contribution is -2.25. The Kier molecular flexibility index (Phi) is 3.80. The van der Waals surface area contributed by atoms with E-state index in [0.717, 1.165) is 12.0 Å². The second-order valence-corrected chi connectivity index (χ2v) is 5.40. The van der Waals surface area contributed by atoms with Gasteiger partial charge in [0.05, 0.1) is 19.1 Å². The summed E-state index contributed by atoms with van der Waals surface area (Å²) >= 11 is 0. The Balaban J connectivity index is 2.18. The Bertz CT molecular complexity index is 479. The van der Waals surface area contributed by atoms with Crippen LogP contribution in [0.5, 0.6) is 5.75 Å². The summed E-state index contributed by atoms with van der Waals surface area (Å²) in [5.41, 5.74) is 1.48. The second-order valence-electron chi connectivity index (χ2n) is 5.40. The highest BCUT2D eigenvalue weighted by Gasteiger charge is 2.33. The van der Waals surface area contributed by atoms with E-state index in [1.165, 1.54) is 0 Å². The van der Waals surface area contributed by atoms with Crippen molar-refractivity contribution < 1.29 is 19.4 Å². The molecule has 0 amide bonds. The maximum absolute atomic E-state index is 11.4. The van der Waals surface area contributed by atoms with Crippen LogP contribution in [0.1, 0.15) is 44.4 Å². The number of benzene rings is 1. The molecule has 1 heterocycles. The van der Waals surface area contributed by atoms with E-state index in [0.29, 0.717) is 17.9 Å². The number of rotatable bonds is 4. The van der Waals surface area contributed by atoms with Crippen molar-refractivity contribution >= 4 is 5.97 Å². The predicted molar refractivity (Wildman–Crippen MR) is 71.1 cm³/mol. The summed E-state index contributed by atoms with van der Waals surface area (Å²) in [7, 11) is 0. The molecule has 1 aromatic rings. The maximum Gasteiger partial charge on any atom is 0.308 e. The van der Waals surface area contributed by atoms with Gasteiger partial charge in [-0.1, -0.05) is 18.2 Å². The van der Waals surface area contributed by atoms with Crippen LogP contribution in [0.15, 0.2) is 18.2 Å². The van der Waals surface area contributed by atoms with Gasteiger partial charge in [-0.25, -0.2) is 0 Å².